The number of amides is 2. The molecule has 1 fully saturated rings. The third-order valence-electron chi connectivity index (χ3n) is 3.03. The van der Waals surface area contributed by atoms with Crippen LogP contribution in [0.1, 0.15) is 18.4 Å². The van der Waals surface area contributed by atoms with Gasteiger partial charge in [0.05, 0.1) is 6.54 Å². The maximum absolute atomic E-state index is 11.7. The second-order valence-corrected chi connectivity index (χ2v) is 5.52. The molecule has 0 radical (unpaired) electrons. The van der Waals surface area contributed by atoms with Gasteiger partial charge in [-0.3, -0.25) is 4.99 Å². The number of alkyl halides is 1. The summed E-state index contributed by atoms with van der Waals surface area (Å²) < 4.78 is 1.13. The molecule has 5 heteroatoms. The predicted molar refractivity (Wildman–Crippen MR) is 86.0 cm³/mol. The highest BCUT2D eigenvalue weighted by Crippen LogP contribution is 2.10. The average Bonchev–Trinajstić information content (AvgIpc) is 2.79. The minimum absolute atomic E-state index is 0.00340. The van der Waals surface area contributed by atoms with Crippen molar-refractivity contribution in [3.05, 3.63) is 35.9 Å². The summed E-state index contributed by atoms with van der Waals surface area (Å²) in [7, 11) is 0. The second kappa shape index (κ2) is 7.47. The lowest BCUT2D eigenvalue weighted by Crippen LogP contribution is -2.34. The van der Waals surface area contributed by atoms with E-state index in [-0.39, 0.29) is 12.2 Å². The molecule has 0 aliphatic carbocycles. The van der Waals surface area contributed by atoms with Crippen molar-refractivity contribution in [3.63, 3.8) is 0 Å². The Morgan fingerprint density at radius 1 is 1.37 bits per heavy atom. The highest BCUT2D eigenvalue weighted by molar-refractivity contribution is 14.1. The lowest BCUT2D eigenvalue weighted by Gasteiger charge is -2.19. The van der Waals surface area contributed by atoms with Crippen LogP contribution in [-0.2, 0) is 0 Å². The van der Waals surface area contributed by atoms with E-state index < -0.39 is 0 Å². The molecule has 102 valence electrons. The molecule has 0 spiro atoms. The minimum Gasteiger partial charge on any atom is -0.334 e. The first-order valence-corrected chi connectivity index (χ1v) is 8.02. The maximum Gasteiger partial charge on any atom is 0.319 e. The molecule has 1 saturated heterocycles. The van der Waals surface area contributed by atoms with Crippen LogP contribution in [0, 0.1) is 0 Å². The van der Waals surface area contributed by atoms with E-state index in [0.29, 0.717) is 6.54 Å². The van der Waals surface area contributed by atoms with E-state index in [1.807, 2.05) is 41.4 Å². The van der Waals surface area contributed by atoms with Gasteiger partial charge in [0, 0.05) is 12.8 Å². The number of aliphatic imine (C=N–C) groups is 1. The van der Waals surface area contributed by atoms with E-state index in [1.54, 1.807) is 0 Å². The zero-order valence-corrected chi connectivity index (χ0v) is 12.9. The Kier molecular flexibility index (Phi) is 5.62. The van der Waals surface area contributed by atoms with Crippen molar-refractivity contribution in [1.82, 2.24) is 10.2 Å². The summed E-state index contributed by atoms with van der Waals surface area (Å²) in [6, 6.07) is 9.97. The lowest BCUT2D eigenvalue weighted by molar-refractivity contribution is 0.204. The molecule has 19 heavy (non-hydrogen) atoms. The Bertz CT molecular complexity index is 436. The van der Waals surface area contributed by atoms with E-state index in [4.69, 9.17) is 0 Å². The Morgan fingerprint density at radius 3 is 2.89 bits per heavy atom. The van der Waals surface area contributed by atoms with E-state index >= 15 is 0 Å². The minimum atomic E-state index is -0.0677. The van der Waals surface area contributed by atoms with Gasteiger partial charge in [0.25, 0.3) is 0 Å². The SMILES string of the molecule is O=C1NCC(N=Cc2ccccc2)N1CCCCI. The fourth-order valence-corrected chi connectivity index (χ4v) is 2.54. The number of rotatable bonds is 6. The Labute approximate surface area is 127 Å². The third kappa shape index (κ3) is 4.19. The van der Waals surface area contributed by atoms with E-state index in [9.17, 15) is 4.79 Å². The Balaban J connectivity index is 1.94. The van der Waals surface area contributed by atoms with Gasteiger partial charge in [-0.15, -0.1) is 0 Å². The van der Waals surface area contributed by atoms with E-state index in [2.05, 4.69) is 32.9 Å². The Morgan fingerprint density at radius 2 is 2.16 bits per heavy atom. The third-order valence-corrected chi connectivity index (χ3v) is 3.80. The number of carbonyl (C=O) groups is 1. The number of urea groups is 1. The zero-order chi connectivity index (χ0) is 13.5. The molecule has 2 amide bonds. The van der Waals surface area contributed by atoms with Gasteiger partial charge >= 0.3 is 6.03 Å². The summed E-state index contributed by atoms with van der Waals surface area (Å²) in [6.07, 6.45) is 3.95. The van der Waals surface area contributed by atoms with Gasteiger partial charge in [0.1, 0.15) is 6.17 Å². The summed E-state index contributed by atoms with van der Waals surface area (Å²) in [5, 5.41) is 2.85. The van der Waals surface area contributed by atoms with Crippen LogP contribution in [0.4, 0.5) is 4.79 Å². The highest BCUT2D eigenvalue weighted by Gasteiger charge is 2.28. The van der Waals surface area contributed by atoms with Crippen molar-refractivity contribution in [2.45, 2.75) is 19.0 Å². The first-order valence-electron chi connectivity index (χ1n) is 6.50. The summed E-state index contributed by atoms with van der Waals surface area (Å²) in [4.78, 5) is 18.1. The monoisotopic (exact) mass is 371 g/mol. The average molecular weight is 371 g/mol. The Hall–Kier alpha value is -1.11. The van der Waals surface area contributed by atoms with Gasteiger partial charge in [0.15, 0.2) is 0 Å². The summed E-state index contributed by atoms with van der Waals surface area (Å²) in [5.74, 6) is 0. The predicted octanol–water partition coefficient (Wildman–Crippen LogP) is 2.67. The van der Waals surface area contributed by atoms with Crippen molar-refractivity contribution in [3.8, 4) is 0 Å². The molecule has 1 N–H and O–H groups in total. The lowest BCUT2D eigenvalue weighted by atomic mass is 10.2. The van der Waals surface area contributed by atoms with Gasteiger partial charge < -0.3 is 10.2 Å². The number of unbranched alkanes of at least 4 members (excludes halogenated alkanes) is 1. The van der Waals surface area contributed by atoms with Gasteiger partial charge in [-0.25, -0.2) is 4.79 Å². The molecular weight excluding hydrogens is 353 g/mol. The number of hydrogen-bond donors (Lipinski definition) is 1. The molecule has 1 heterocycles. The molecule has 4 nitrogen and oxygen atoms in total. The van der Waals surface area contributed by atoms with Gasteiger partial charge in [-0.05, 0) is 22.8 Å². The normalized spacial score (nSPS) is 19.1. The summed E-state index contributed by atoms with van der Waals surface area (Å²) in [6.45, 7) is 1.39. The van der Waals surface area contributed by atoms with Crippen LogP contribution in [0.25, 0.3) is 0 Å². The van der Waals surface area contributed by atoms with Crippen LogP contribution in [0.3, 0.4) is 0 Å². The molecule has 1 unspecified atom stereocenters. The molecule has 0 aromatic heterocycles. The van der Waals surface area contributed by atoms with E-state index in [0.717, 1.165) is 29.4 Å². The fourth-order valence-electron chi connectivity index (χ4n) is 2.00. The molecular formula is C14H18IN3O. The van der Waals surface area contributed by atoms with Crippen molar-refractivity contribution in [2.24, 2.45) is 4.99 Å². The first-order chi connectivity index (χ1) is 9.31. The van der Waals surface area contributed by atoms with Crippen LogP contribution in [0.15, 0.2) is 35.3 Å². The number of nitrogens with one attached hydrogen (secondary N) is 1. The number of benzene rings is 1. The smallest absolute Gasteiger partial charge is 0.319 e. The second-order valence-electron chi connectivity index (χ2n) is 4.45. The summed E-state index contributed by atoms with van der Waals surface area (Å²) in [5.41, 5.74) is 1.06. The molecule has 1 aromatic rings. The summed E-state index contributed by atoms with van der Waals surface area (Å²) >= 11 is 2.36. The largest absolute Gasteiger partial charge is 0.334 e. The van der Waals surface area contributed by atoms with Crippen molar-refractivity contribution in [2.75, 3.05) is 17.5 Å². The molecule has 1 aromatic carbocycles. The number of halogens is 1. The van der Waals surface area contributed by atoms with Crippen LogP contribution in [0.2, 0.25) is 0 Å². The van der Waals surface area contributed by atoms with Gasteiger partial charge in [-0.1, -0.05) is 52.9 Å². The topological polar surface area (TPSA) is 44.7 Å². The van der Waals surface area contributed by atoms with Crippen LogP contribution >= 0.6 is 22.6 Å². The standard InChI is InChI=1S/C14H18IN3O/c15-8-4-5-9-18-13(11-17-14(18)19)16-10-12-6-2-1-3-7-12/h1-3,6-7,10,13H,4-5,8-9,11H2,(H,17,19). The van der Waals surface area contributed by atoms with Gasteiger partial charge in [-0.2, -0.15) is 0 Å². The molecule has 1 atom stereocenters. The number of carbonyl (C=O) groups excluding carboxylic acids is 1. The van der Waals surface area contributed by atoms with Crippen molar-refractivity contribution >= 4 is 34.8 Å². The molecule has 0 bridgehead atoms. The molecule has 1 aliphatic heterocycles. The zero-order valence-electron chi connectivity index (χ0n) is 10.8. The van der Waals surface area contributed by atoms with Crippen molar-refractivity contribution in [1.29, 1.82) is 0 Å². The highest BCUT2D eigenvalue weighted by atomic mass is 127. The first kappa shape index (κ1) is 14.3. The number of nitrogens with zero attached hydrogens (tertiary/aromatic N) is 2. The van der Waals surface area contributed by atoms with E-state index in [1.165, 1.54) is 0 Å². The van der Waals surface area contributed by atoms with Crippen molar-refractivity contribution < 1.29 is 4.79 Å². The molecule has 2 rings (SSSR count). The van der Waals surface area contributed by atoms with Gasteiger partial charge in [0.2, 0.25) is 0 Å². The maximum atomic E-state index is 11.7. The van der Waals surface area contributed by atoms with Crippen LogP contribution < -0.4 is 5.32 Å². The van der Waals surface area contributed by atoms with Crippen LogP contribution in [-0.4, -0.2) is 40.8 Å². The fraction of sp³-hybridized carbons (Fsp3) is 0.429. The number of hydrogen-bond acceptors (Lipinski definition) is 2. The quantitative estimate of drug-likeness (QED) is 0.355. The molecule has 1 aliphatic rings. The van der Waals surface area contributed by atoms with Crippen LogP contribution in [0.5, 0.6) is 0 Å². The molecule has 0 saturated carbocycles.